The molecule has 0 aliphatic rings. The second kappa shape index (κ2) is 14.9. The van der Waals surface area contributed by atoms with Crippen molar-refractivity contribution in [3.63, 3.8) is 0 Å². The third-order valence-electron chi connectivity index (χ3n) is 8.24. The second-order valence-electron chi connectivity index (χ2n) is 11.0. The first-order valence-electron chi connectivity index (χ1n) is 14.7. The molecule has 0 spiro atoms. The van der Waals surface area contributed by atoms with Crippen LogP contribution >= 0.6 is 0 Å². The predicted molar refractivity (Wildman–Crippen MR) is 160 cm³/mol. The van der Waals surface area contributed by atoms with Crippen LogP contribution in [0.25, 0.3) is 0 Å². The van der Waals surface area contributed by atoms with Crippen LogP contribution in [0.1, 0.15) is 115 Å². The molecule has 0 N–H and O–H groups in total. The van der Waals surface area contributed by atoms with Crippen LogP contribution in [0, 0.1) is 19.8 Å². The molecule has 1 heteroatoms. The lowest BCUT2D eigenvalue weighted by atomic mass is 9.85. The van der Waals surface area contributed by atoms with Crippen LogP contribution in [-0.2, 0) is 19.3 Å². The Hall–Kier alpha value is -2.67. The molecule has 0 fully saturated rings. The van der Waals surface area contributed by atoms with Crippen molar-refractivity contribution in [2.24, 2.45) is 5.92 Å². The number of rotatable bonds is 15. The second-order valence-corrected chi connectivity index (χ2v) is 11.0. The molecule has 0 aliphatic carbocycles. The van der Waals surface area contributed by atoms with E-state index in [0.29, 0.717) is 12.3 Å². The van der Waals surface area contributed by atoms with E-state index in [4.69, 9.17) is 0 Å². The largest absolute Gasteiger partial charge is 0.294 e. The van der Waals surface area contributed by atoms with E-state index in [1.165, 1.54) is 71.9 Å². The van der Waals surface area contributed by atoms with Crippen molar-refractivity contribution in [1.29, 1.82) is 0 Å². The summed E-state index contributed by atoms with van der Waals surface area (Å²) < 4.78 is 0. The Morgan fingerprint density at radius 2 is 1.51 bits per heavy atom. The first kappa shape index (κ1) is 28.9. The normalized spacial score (nSPS) is 12.2. The molecule has 3 aromatic rings. The molecule has 0 aromatic heterocycles. The van der Waals surface area contributed by atoms with Gasteiger partial charge in [0.2, 0.25) is 0 Å². The monoisotopic (exact) mass is 496 g/mol. The Balaban J connectivity index is 1.60. The fraction of sp³-hybridized carbons (Fsp3) is 0.472. The Morgan fingerprint density at radius 3 is 2.22 bits per heavy atom. The summed E-state index contributed by atoms with van der Waals surface area (Å²) in [5.74, 6) is 1.57. The zero-order valence-electron chi connectivity index (χ0n) is 24.0. The van der Waals surface area contributed by atoms with Crippen LogP contribution in [0.3, 0.4) is 0 Å². The highest BCUT2D eigenvalue weighted by Gasteiger charge is 2.16. The van der Waals surface area contributed by atoms with Gasteiger partial charge in [-0.1, -0.05) is 101 Å². The molecule has 0 radical (unpaired) electrons. The Bertz CT molecular complexity index is 1120. The molecular weight excluding hydrogens is 448 g/mol. The number of hydrogen-bond donors (Lipinski definition) is 0. The number of carbonyl (C=O) groups is 1. The minimum absolute atomic E-state index is 0.256. The van der Waals surface area contributed by atoms with E-state index in [1.807, 2.05) is 0 Å². The van der Waals surface area contributed by atoms with Gasteiger partial charge in [-0.3, -0.25) is 4.79 Å². The van der Waals surface area contributed by atoms with E-state index in [1.54, 1.807) is 0 Å². The van der Waals surface area contributed by atoms with Crippen molar-refractivity contribution >= 4 is 5.78 Å². The van der Waals surface area contributed by atoms with Gasteiger partial charge in [-0.25, -0.2) is 0 Å². The Morgan fingerprint density at radius 1 is 0.757 bits per heavy atom. The molecule has 0 saturated heterocycles. The molecule has 37 heavy (non-hydrogen) atoms. The predicted octanol–water partition coefficient (Wildman–Crippen LogP) is 10.0. The van der Waals surface area contributed by atoms with Crippen LogP contribution in [0.15, 0.2) is 66.7 Å². The zero-order chi connectivity index (χ0) is 26.6. The lowest BCUT2D eigenvalue weighted by molar-refractivity contribution is 0.0982. The molecular formula is C36H48O. The maximum atomic E-state index is 13.1. The van der Waals surface area contributed by atoms with Crippen molar-refractivity contribution in [2.45, 2.75) is 105 Å². The van der Waals surface area contributed by atoms with Crippen LogP contribution in [0.5, 0.6) is 0 Å². The minimum atomic E-state index is 0.256. The first-order chi connectivity index (χ1) is 17.9. The lowest BCUT2D eigenvalue weighted by Crippen LogP contribution is -2.06. The standard InChI is InChI=1S/C36H48O/c1-6-13-33(19-12-18-32-17-10-9-14-27(32)4)35-22-21-34(24-28(35)5)36(37)23-20-30-15-11-16-31(26-30)25-29(7-2)8-3/h9-11,14-17,21-22,24,26,29,33H,6-8,12-13,18-20,23,25H2,1-5H3. The Kier molecular flexibility index (Phi) is 11.6. The summed E-state index contributed by atoms with van der Waals surface area (Å²) in [7, 11) is 0. The highest BCUT2D eigenvalue weighted by Crippen LogP contribution is 2.31. The molecule has 3 aromatic carbocycles. The molecule has 0 aliphatic heterocycles. The third-order valence-corrected chi connectivity index (χ3v) is 8.24. The average molecular weight is 497 g/mol. The Labute approximate surface area is 226 Å². The molecule has 0 heterocycles. The van der Waals surface area contributed by atoms with Crippen molar-refractivity contribution in [1.82, 2.24) is 0 Å². The van der Waals surface area contributed by atoms with Gasteiger partial charge >= 0.3 is 0 Å². The highest BCUT2D eigenvalue weighted by molar-refractivity contribution is 5.96. The van der Waals surface area contributed by atoms with Gasteiger partial charge < -0.3 is 0 Å². The first-order valence-corrected chi connectivity index (χ1v) is 14.7. The topological polar surface area (TPSA) is 17.1 Å². The summed E-state index contributed by atoms with van der Waals surface area (Å²) in [5, 5.41) is 0. The number of carbonyl (C=O) groups excluding carboxylic acids is 1. The third kappa shape index (κ3) is 8.70. The zero-order valence-corrected chi connectivity index (χ0v) is 24.0. The number of hydrogen-bond acceptors (Lipinski definition) is 1. The maximum absolute atomic E-state index is 13.1. The summed E-state index contributed by atoms with van der Waals surface area (Å²) in [6, 6.07) is 24.1. The van der Waals surface area contributed by atoms with E-state index in [0.717, 1.165) is 30.7 Å². The lowest BCUT2D eigenvalue weighted by Gasteiger charge is -2.20. The van der Waals surface area contributed by atoms with Crippen molar-refractivity contribution < 1.29 is 4.79 Å². The van der Waals surface area contributed by atoms with Crippen molar-refractivity contribution in [3.05, 3.63) is 106 Å². The van der Waals surface area contributed by atoms with E-state index in [-0.39, 0.29) is 5.78 Å². The molecule has 1 unspecified atom stereocenters. The van der Waals surface area contributed by atoms with Crippen molar-refractivity contribution in [3.8, 4) is 0 Å². The molecule has 1 nitrogen and oxygen atoms in total. The maximum Gasteiger partial charge on any atom is 0.163 e. The number of Topliss-reactive ketones (excluding diaryl/α,β-unsaturated/α-hetero) is 1. The van der Waals surface area contributed by atoms with Crippen molar-refractivity contribution in [2.75, 3.05) is 0 Å². The van der Waals surface area contributed by atoms with Gasteiger partial charge in [0.1, 0.15) is 0 Å². The molecule has 198 valence electrons. The van der Waals surface area contributed by atoms with Gasteiger partial charge in [-0.15, -0.1) is 0 Å². The van der Waals surface area contributed by atoms with Gasteiger partial charge in [-0.05, 0) is 104 Å². The molecule has 1 atom stereocenters. The van der Waals surface area contributed by atoms with Crippen LogP contribution in [0.2, 0.25) is 0 Å². The van der Waals surface area contributed by atoms with E-state index in [2.05, 4.69) is 101 Å². The molecule has 0 saturated carbocycles. The van der Waals surface area contributed by atoms with E-state index >= 15 is 0 Å². The quantitative estimate of drug-likeness (QED) is 0.191. The van der Waals surface area contributed by atoms with Crippen LogP contribution < -0.4 is 0 Å². The number of ketones is 1. The van der Waals surface area contributed by atoms with Gasteiger partial charge in [0, 0.05) is 12.0 Å². The molecule has 0 bridgehead atoms. The minimum Gasteiger partial charge on any atom is -0.294 e. The fourth-order valence-corrected chi connectivity index (χ4v) is 5.77. The smallest absolute Gasteiger partial charge is 0.163 e. The highest BCUT2D eigenvalue weighted by atomic mass is 16.1. The SMILES string of the molecule is CCCC(CCCc1ccccc1C)c1ccc(C(=O)CCc2cccc(CC(CC)CC)c2)cc1C. The van der Waals surface area contributed by atoms with Gasteiger partial charge in [0.15, 0.2) is 5.78 Å². The van der Waals surface area contributed by atoms with Crippen LogP contribution in [0.4, 0.5) is 0 Å². The summed E-state index contributed by atoms with van der Waals surface area (Å²) in [5.41, 5.74) is 9.11. The summed E-state index contributed by atoms with van der Waals surface area (Å²) in [6.45, 7) is 11.2. The van der Waals surface area contributed by atoms with Gasteiger partial charge in [-0.2, -0.15) is 0 Å². The molecule has 3 rings (SSSR count). The summed E-state index contributed by atoms with van der Waals surface area (Å²) in [4.78, 5) is 13.1. The summed E-state index contributed by atoms with van der Waals surface area (Å²) in [6.07, 6.45) is 10.9. The van der Waals surface area contributed by atoms with Gasteiger partial charge in [0.25, 0.3) is 0 Å². The van der Waals surface area contributed by atoms with Crippen LogP contribution in [-0.4, -0.2) is 5.78 Å². The summed E-state index contributed by atoms with van der Waals surface area (Å²) >= 11 is 0. The average Bonchev–Trinajstić information content (AvgIpc) is 2.91. The van der Waals surface area contributed by atoms with E-state index in [9.17, 15) is 4.79 Å². The molecule has 0 amide bonds. The van der Waals surface area contributed by atoms with Gasteiger partial charge in [0.05, 0.1) is 0 Å². The number of aryl methyl sites for hydroxylation is 4. The van der Waals surface area contributed by atoms with E-state index < -0.39 is 0 Å². The fourth-order valence-electron chi connectivity index (χ4n) is 5.77. The number of benzene rings is 3.